The fourth-order valence-electron chi connectivity index (χ4n) is 2.74. The Morgan fingerprint density at radius 3 is 2.50 bits per heavy atom. The molecule has 0 amide bonds. The number of pyridine rings is 1. The first kappa shape index (κ1) is 18.2. The van der Waals surface area contributed by atoms with Gasteiger partial charge in [0, 0.05) is 55.0 Å². The second-order valence-corrected chi connectivity index (χ2v) is 5.70. The summed E-state index contributed by atoms with van der Waals surface area (Å²) in [5.74, 6) is 0. The third-order valence-corrected chi connectivity index (χ3v) is 4.05. The SMILES string of the molecule is O=[N+]([O-])[O-].OCCN1CCN(c2ccnc3cc(Cl)ccc23)CC1. The minimum Gasteiger partial charge on any atom is -0.395 e. The molecule has 3 rings (SSSR count). The Labute approximate surface area is 144 Å². The predicted octanol–water partition coefficient (Wildman–Crippen LogP) is 1.76. The molecule has 2 aromatic rings. The summed E-state index contributed by atoms with van der Waals surface area (Å²) in [4.78, 5) is 17.3. The number of hydrogen-bond acceptors (Lipinski definition) is 7. The van der Waals surface area contributed by atoms with Gasteiger partial charge in [0.15, 0.2) is 0 Å². The van der Waals surface area contributed by atoms with E-state index in [1.54, 1.807) is 0 Å². The van der Waals surface area contributed by atoms with Crippen molar-refractivity contribution < 1.29 is 10.2 Å². The van der Waals surface area contributed by atoms with Gasteiger partial charge in [0.1, 0.15) is 0 Å². The second kappa shape index (κ2) is 8.62. The van der Waals surface area contributed by atoms with E-state index < -0.39 is 5.09 Å². The molecule has 0 saturated carbocycles. The van der Waals surface area contributed by atoms with Gasteiger partial charge >= 0.3 is 0 Å². The average molecular weight is 354 g/mol. The van der Waals surface area contributed by atoms with Crippen molar-refractivity contribution in [3.63, 3.8) is 0 Å². The molecule has 0 unspecified atom stereocenters. The number of aromatic nitrogens is 1. The molecule has 1 aromatic heterocycles. The molecule has 1 aliphatic heterocycles. The number of fused-ring (bicyclic) bond motifs is 1. The lowest BCUT2D eigenvalue weighted by Crippen LogP contribution is -2.47. The molecule has 8 nitrogen and oxygen atoms in total. The number of benzene rings is 1. The van der Waals surface area contributed by atoms with Crippen LogP contribution in [0.1, 0.15) is 0 Å². The van der Waals surface area contributed by atoms with Gasteiger partial charge < -0.3 is 25.3 Å². The van der Waals surface area contributed by atoms with Gasteiger partial charge in [-0.15, -0.1) is 0 Å². The van der Waals surface area contributed by atoms with Gasteiger partial charge in [-0.05, 0) is 24.3 Å². The van der Waals surface area contributed by atoms with Crippen LogP contribution in [0, 0.1) is 15.3 Å². The normalized spacial score (nSPS) is 15.0. The van der Waals surface area contributed by atoms with Gasteiger partial charge in [0.2, 0.25) is 0 Å². The van der Waals surface area contributed by atoms with E-state index in [1.807, 2.05) is 24.4 Å². The molecule has 1 fully saturated rings. The zero-order valence-electron chi connectivity index (χ0n) is 13.0. The summed E-state index contributed by atoms with van der Waals surface area (Å²) in [7, 11) is 0. The lowest BCUT2D eigenvalue weighted by Gasteiger charge is -2.36. The van der Waals surface area contributed by atoms with E-state index in [0.717, 1.165) is 48.6 Å². The van der Waals surface area contributed by atoms with E-state index >= 15 is 0 Å². The number of halogens is 1. The Morgan fingerprint density at radius 2 is 1.88 bits per heavy atom. The lowest BCUT2D eigenvalue weighted by molar-refractivity contribution is -0.402. The van der Waals surface area contributed by atoms with Gasteiger partial charge in [-0.3, -0.25) is 9.88 Å². The second-order valence-electron chi connectivity index (χ2n) is 5.27. The van der Waals surface area contributed by atoms with Crippen molar-refractivity contribution in [2.45, 2.75) is 0 Å². The van der Waals surface area contributed by atoms with E-state index in [0.29, 0.717) is 0 Å². The Bertz CT molecular complexity index is 688. The summed E-state index contributed by atoms with van der Waals surface area (Å²) in [5, 5.41) is 25.6. The molecule has 130 valence electrons. The molecule has 0 spiro atoms. The molecule has 1 N–H and O–H groups in total. The smallest absolute Gasteiger partial charge is 0.0737 e. The molecule has 24 heavy (non-hydrogen) atoms. The molecule has 0 radical (unpaired) electrons. The maximum atomic E-state index is 8.99. The number of nitrogens with zero attached hydrogens (tertiary/aromatic N) is 4. The number of rotatable bonds is 3. The van der Waals surface area contributed by atoms with E-state index in [4.69, 9.17) is 32.0 Å². The molecule has 9 heteroatoms. The summed E-state index contributed by atoms with van der Waals surface area (Å²) in [6, 6.07) is 7.93. The van der Waals surface area contributed by atoms with Crippen molar-refractivity contribution in [1.29, 1.82) is 0 Å². The number of anilines is 1. The number of aliphatic hydroxyl groups is 1. The van der Waals surface area contributed by atoms with Gasteiger partial charge in [-0.2, -0.15) is 0 Å². The van der Waals surface area contributed by atoms with Crippen molar-refractivity contribution >= 4 is 28.2 Å². The van der Waals surface area contributed by atoms with Crippen LogP contribution >= 0.6 is 11.6 Å². The molecule has 1 saturated heterocycles. The summed E-state index contributed by atoms with van der Waals surface area (Å²) < 4.78 is 0. The lowest BCUT2D eigenvalue weighted by atomic mass is 10.1. The Morgan fingerprint density at radius 1 is 1.21 bits per heavy atom. The minimum atomic E-state index is -1.75. The highest BCUT2D eigenvalue weighted by molar-refractivity contribution is 6.31. The molecule has 1 aromatic carbocycles. The molecule has 2 heterocycles. The standard InChI is InChI=1S/C15H18ClN3O.NO3/c16-12-1-2-13-14(11-12)17-4-3-15(13)19-7-5-18(6-8-19)9-10-20;2-1(3)4/h1-4,11,20H,5-10H2;/q;-1. The molecule has 0 atom stereocenters. The minimum absolute atomic E-state index is 0.233. The fraction of sp³-hybridized carbons (Fsp3) is 0.400. The quantitative estimate of drug-likeness (QED) is 0.662. The first-order valence-corrected chi connectivity index (χ1v) is 7.83. The summed E-state index contributed by atoms with van der Waals surface area (Å²) in [6.45, 7) is 4.91. The van der Waals surface area contributed by atoms with Crippen molar-refractivity contribution in [1.82, 2.24) is 9.88 Å². The number of β-amino-alcohol motifs (C(OH)–C–C–N with tert-alkyl or cyclic N) is 1. The summed E-state index contributed by atoms with van der Waals surface area (Å²) in [6.07, 6.45) is 1.84. The van der Waals surface area contributed by atoms with E-state index in [-0.39, 0.29) is 6.61 Å². The van der Waals surface area contributed by atoms with Crippen LogP contribution in [0.5, 0.6) is 0 Å². The van der Waals surface area contributed by atoms with E-state index in [1.165, 1.54) is 5.69 Å². The molecular weight excluding hydrogens is 336 g/mol. The average Bonchev–Trinajstić information content (AvgIpc) is 2.54. The Kier molecular flexibility index (Phi) is 6.53. The van der Waals surface area contributed by atoms with Crippen LogP contribution in [0.3, 0.4) is 0 Å². The van der Waals surface area contributed by atoms with Crippen LogP contribution < -0.4 is 4.90 Å². The molecule has 0 bridgehead atoms. The highest BCUT2D eigenvalue weighted by Crippen LogP contribution is 2.28. The molecular formula is C15H18ClN4O4-. The van der Waals surface area contributed by atoms with Crippen molar-refractivity contribution in [3.8, 4) is 0 Å². The van der Waals surface area contributed by atoms with Crippen LogP contribution in [0.25, 0.3) is 10.9 Å². The molecule has 1 aliphatic rings. The van der Waals surface area contributed by atoms with Crippen LogP contribution in [0.2, 0.25) is 5.02 Å². The van der Waals surface area contributed by atoms with Crippen LogP contribution in [0.4, 0.5) is 5.69 Å². The van der Waals surface area contributed by atoms with Crippen molar-refractivity contribution in [3.05, 3.63) is 50.8 Å². The maximum absolute atomic E-state index is 8.99. The first-order chi connectivity index (χ1) is 11.5. The van der Waals surface area contributed by atoms with Crippen molar-refractivity contribution in [2.24, 2.45) is 0 Å². The highest BCUT2D eigenvalue weighted by atomic mass is 35.5. The summed E-state index contributed by atoms with van der Waals surface area (Å²) >= 11 is 6.03. The zero-order valence-corrected chi connectivity index (χ0v) is 13.7. The zero-order chi connectivity index (χ0) is 17.5. The van der Waals surface area contributed by atoms with Gasteiger partial charge in [0.25, 0.3) is 0 Å². The van der Waals surface area contributed by atoms with E-state index in [2.05, 4.69) is 20.9 Å². The Hall–Kier alpha value is -2.16. The topological polar surface area (TPSA) is 106 Å². The third kappa shape index (κ3) is 4.92. The number of piperazine rings is 1. The fourth-order valence-corrected chi connectivity index (χ4v) is 2.90. The largest absolute Gasteiger partial charge is 0.395 e. The van der Waals surface area contributed by atoms with Crippen molar-refractivity contribution in [2.75, 3.05) is 44.2 Å². The van der Waals surface area contributed by atoms with Crippen LogP contribution in [-0.4, -0.2) is 59.4 Å². The predicted molar refractivity (Wildman–Crippen MR) is 92.9 cm³/mol. The number of hydrogen-bond donors (Lipinski definition) is 1. The first-order valence-electron chi connectivity index (χ1n) is 7.45. The van der Waals surface area contributed by atoms with Gasteiger partial charge in [0.05, 0.1) is 17.2 Å². The van der Waals surface area contributed by atoms with Crippen LogP contribution in [-0.2, 0) is 0 Å². The molecule has 0 aliphatic carbocycles. The number of aliphatic hydroxyl groups excluding tert-OH is 1. The Balaban J connectivity index is 0.000000471. The van der Waals surface area contributed by atoms with E-state index in [9.17, 15) is 0 Å². The third-order valence-electron chi connectivity index (χ3n) is 3.81. The van der Waals surface area contributed by atoms with Gasteiger partial charge in [-0.1, -0.05) is 11.6 Å². The van der Waals surface area contributed by atoms with Gasteiger partial charge in [-0.25, -0.2) is 0 Å². The summed E-state index contributed by atoms with van der Waals surface area (Å²) in [5.41, 5.74) is 2.16. The monoisotopic (exact) mass is 353 g/mol. The van der Waals surface area contributed by atoms with Crippen LogP contribution in [0.15, 0.2) is 30.5 Å². The highest BCUT2D eigenvalue weighted by Gasteiger charge is 2.18. The maximum Gasteiger partial charge on any atom is 0.0737 e.